The molecule has 1 aromatic heterocycles. The predicted octanol–water partition coefficient (Wildman–Crippen LogP) is 2.75. The first kappa shape index (κ1) is 13.3. The molecule has 100 valence electrons. The first-order chi connectivity index (χ1) is 9.13. The third-order valence-corrected chi connectivity index (χ3v) is 2.96. The van der Waals surface area contributed by atoms with Gasteiger partial charge < -0.3 is 0 Å². The summed E-state index contributed by atoms with van der Waals surface area (Å²) in [5.41, 5.74) is 2.20. The summed E-state index contributed by atoms with van der Waals surface area (Å²) in [5, 5.41) is 1.71. The molecule has 0 saturated carbocycles. The lowest BCUT2D eigenvalue weighted by Gasteiger charge is -2.23. The lowest BCUT2D eigenvalue weighted by atomic mass is 10.1. The van der Waals surface area contributed by atoms with E-state index in [4.69, 9.17) is 0 Å². The second kappa shape index (κ2) is 5.69. The highest BCUT2D eigenvalue weighted by Crippen LogP contribution is 2.19. The Morgan fingerprint density at radius 2 is 2.21 bits per heavy atom. The van der Waals surface area contributed by atoms with Crippen LogP contribution in [0.25, 0.3) is 11.4 Å². The van der Waals surface area contributed by atoms with Crippen LogP contribution in [0.1, 0.15) is 25.8 Å². The maximum Gasteiger partial charge on any atom is 0.238 e. The summed E-state index contributed by atoms with van der Waals surface area (Å²) >= 11 is 0. The third-order valence-electron chi connectivity index (χ3n) is 2.96. The highest BCUT2D eigenvalue weighted by Gasteiger charge is 2.14. The molecule has 1 heterocycles. The van der Waals surface area contributed by atoms with E-state index >= 15 is 0 Å². The highest BCUT2D eigenvalue weighted by molar-refractivity contribution is 5.84. The SMILES string of the molecule is CCCN(C(C)=O)n1ccnc1-c1cccc(C)c1. The first-order valence-corrected chi connectivity index (χ1v) is 6.52. The fourth-order valence-corrected chi connectivity index (χ4v) is 2.11. The Balaban J connectivity index is 2.44. The molecule has 2 aromatic rings. The summed E-state index contributed by atoms with van der Waals surface area (Å²) in [6.45, 7) is 6.37. The molecule has 4 heteroatoms. The summed E-state index contributed by atoms with van der Waals surface area (Å²) in [6, 6.07) is 8.13. The molecule has 19 heavy (non-hydrogen) atoms. The van der Waals surface area contributed by atoms with Crippen LogP contribution >= 0.6 is 0 Å². The Kier molecular flexibility index (Phi) is 4.00. The van der Waals surface area contributed by atoms with E-state index in [1.807, 2.05) is 36.0 Å². The Morgan fingerprint density at radius 1 is 1.42 bits per heavy atom. The number of nitrogens with zero attached hydrogens (tertiary/aromatic N) is 3. The van der Waals surface area contributed by atoms with Crippen molar-refractivity contribution in [3.05, 3.63) is 42.2 Å². The number of rotatable bonds is 4. The fraction of sp³-hybridized carbons (Fsp3) is 0.333. The minimum absolute atomic E-state index is 0.0220. The van der Waals surface area contributed by atoms with E-state index in [1.54, 1.807) is 18.1 Å². The third kappa shape index (κ3) is 2.84. The Hall–Kier alpha value is -2.10. The molecule has 0 aliphatic rings. The van der Waals surface area contributed by atoms with Crippen LogP contribution < -0.4 is 5.01 Å². The van der Waals surface area contributed by atoms with Crippen LogP contribution in [0.2, 0.25) is 0 Å². The van der Waals surface area contributed by atoms with Crippen molar-refractivity contribution in [2.24, 2.45) is 0 Å². The zero-order valence-corrected chi connectivity index (χ0v) is 11.6. The fourth-order valence-electron chi connectivity index (χ4n) is 2.11. The minimum Gasteiger partial charge on any atom is -0.273 e. The lowest BCUT2D eigenvalue weighted by molar-refractivity contribution is -0.118. The topological polar surface area (TPSA) is 38.1 Å². The second-order valence-electron chi connectivity index (χ2n) is 4.61. The summed E-state index contributed by atoms with van der Waals surface area (Å²) < 4.78 is 1.83. The van der Waals surface area contributed by atoms with E-state index in [2.05, 4.69) is 18.0 Å². The molecule has 0 fully saturated rings. The number of hydrogen-bond acceptors (Lipinski definition) is 2. The average Bonchev–Trinajstić information content (AvgIpc) is 2.84. The number of amides is 1. The Bertz CT molecular complexity index is 574. The van der Waals surface area contributed by atoms with E-state index in [1.165, 1.54) is 5.56 Å². The molecular weight excluding hydrogens is 238 g/mol. The smallest absolute Gasteiger partial charge is 0.238 e. The van der Waals surface area contributed by atoms with E-state index < -0.39 is 0 Å². The number of carbonyl (C=O) groups is 1. The summed E-state index contributed by atoms with van der Waals surface area (Å²) in [5.74, 6) is 0.820. The van der Waals surface area contributed by atoms with Crippen molar-refractivity contribution in [2.45, 2.75) is 27.2 Å². The average molecular weight is 257 g/mol. The van der Waals surface area contributed by atoms with Crippen molar-refractivity contribution >= 4 is 5.91 Å². The largest absolute Gasteiger partial charge is 0.273 e. The molecule has 1 aromatic carbocycles. The van der Waals surface area contributed by atoms with Gasteiger partial charge in [0.1, 0.15) is 0 Å². The highest BCUT2D eigenvalue weighted by atomic mass is 16.2. The number of aryl methyl sites for hydroxylation is 1. The Labute approximate surface area is 113 Å². The molecule has 0 N–H and O–H groups in total. The van der Waals surface area contributed by atoms with Crippen molar-refractivity contribution < 1.29 is 4.79 Å². The zero-order valence-electron chi connectivity index (χ0n) is 11.6. The van der Waals surface area contributed by atoms with Crippen molar-refractivity contribution in [3.8, 4) is 11.4 Å². The van der Waals surface area contributed by atoms with Crippen LogP contribution in [0.5, 0.6) is 0 Å². The molecule has 0 radical (unpaired) electrons. The number of carbonyl (C=O) groups excluding carboxylic acids is 1. The first-order valence-electron chi connectivity index (χ1n) is 6.52. The summed E-state index contributed by atoms with van der Waals surface area (Å²) in [6.07, 6.45) is 4.46. The maximum absolute atomic E-state index is 11.8. The molecule has 0 unspecified atom stereocenters. The van der Waals surface area contributed by atoms with Gasteiger partial charge in [0, 0.05) is 31.4 Å². The number of aromatic nitrogens is 2. The van der Waals surface area contributed by atoms with Crippen LogP contribution in [-0.2, 0) is 4.79 Å². The van der Waals surface area contributed by atoms with E-state index in [0.29, 0.717) is 6.54 Å². The maximum atomic E-state index is 11.8. The van der Waals surface area contributed by atoms with E-state index in [-0.39, 0.29) is 5.91 Å². The van der Waals surface area contributed by atoms with Gasteiger partial charge in [-0.1, -0.05) is 30.7 Å². The molecule has 0 atom stereocenters. The standard InChI is InChI=1S/C15H19N3O/c1-4-9-17(13(3)19)18-10-8-16-15(18)14-7-5-6-12(2)11-14/h5-8,10-11H,4,9H2,1-3H3. The van der Waals surface area contributed by atoms with Gasteiger partial charge in [-0.05, 0) is 19.4 Å². The lowest BCUT2D eigenvalue weighted by Crippen LogP contribution is -2.39. The zero-order chi connectivity index (χ0) is 13.8. The van der Waals surface area contributed by atoms with E-state index in [9.17, 15) is 4.79 Å². The molecule has 2 rings (SSSR count). The van der Waals surface area contributed by atoms with Gasteiger partial charge in [-0.3, -0.25) is 4.79 Å². The quantitative estimate of drug-likeness (QED) is 0.844. The van der Waals surface area contributed by atoms with Crippen LogP contribution in [0.3, 0.4) is 0 Å². The van der Waals surface area contributed by atoms with Crippen LogP contribution in [0.4, 0.5) is 0 Å². The molecule has 1 amide bonds. The van der Waals surface area contributed by atoms with Crippen LogP contribution in [0.15, 0.2) is 36.7 Å². The van der Waals surface area contributed by atoms with E-state index in [0.717, 1.165) is 17.8 Å². The molecular formula is C15H19N3O. The van der Waals surface area contributed by atoms with Crippen molar-refractivity contribution in [2.75, 3.05) is 11.6 Å². The molecule has 4 nitrogen and oxygen atoms in total. The normalized spacial score (nSPS) is 10.5. The van der Waals surface area contributed by atoms with Gasteiger partial charge in [0.2, 0.25) is 5.91 Å². The molecule has 0 bridgehead atoms. The van der Waals surface area contributed by atoms with Gasteiger partial charge in [0.05, 0.1) is 0 Å². The van der Waals surface area contributed by atoms with Crippen LogP contribution in [-0.4, -0.2) is 22.1 Å². The predicted molar refractivity (Wildman–Crippen MR) is 76.5 cm³/mol. The van der Waals surface area contributed by atoms with Crippen molar-refractivity contribution in [3.63, 3.8) is 0 Å². The van der Waals surface area contributed by atoms with Crippen LogP contribution in [0, 0.1) is 6.92 Å². The summed E-state index contributed by atoms with van der Waals surface area (Å²) in [4.78, 5) is 16.1. The minimum atomic E-state index is 0.0220. The van der Waals surface area contributed by atoms with Crippen molar-refractivity contribution in [1.29, 1.82) is 0 Å². The molecule has 0 saturated heterocycles. The summed E-state index contributed by atoms with van der Waals surface area (Å²) in [7, 11) is 0. The van der Waals surface area contributed by atoms with Crippen molar-refractivity contribution in [1.82, 2.24) is 9.66 Å². The molecule has 0 aliphatic carbocycles. The second-order valence-corrected chi connectivity index (χ2v) is 4.61. The monoisotopic (exact) mass is 257 g/mol. The van der Waals surface area contributed by atoms with Gasteiger partial charge in [-0.2, -0.15) is 0 Å². The van der Waals surface area contributed by atoms with Gasteiger partial charge in [0.15, 0.2) is 5.82 Å². The molecule has 0 spiro atoms. The number of imidazole rings is 1. The Morgan fingerprint density at radius 3 is 2.84 bits per heavy atom. The molecule has 0 aliphatic heterocycles. The number of benzene rings is 1. The number of hydrogen-bond donors (Lipinski definition) is 0. The van der Waals surface area contributed by atoms with Gasteiger partial charge >= 0.3 is 0 Å². The van der Waals surface area contributed by atoms with Gasteiger partial charge in [-0.25, -0.2) is 14.7 Å². The van der Waals surface area contributed by atoms with Gasteiger partial charge in [0.25, 0.3) is 0 Å². The van der Waals surface area contributed by atoms with Gasteiger partial charge in [-0.15, -0.1) is 0 Å².